The molecule has 4 aromatic rings. The largest absolute Gasteiger partial charge is 0.467 e. The minimum Gasteiger partial charge on any atom is -0.467 e. The lowest BCUT2D eigenvalue weighted by Crippen LogP contribution is -2.47. The standard InChI is InChI=1S/C27H24FN3O5/c1-18-10-12-19(13-11-18)31(24(32)17-30-26(33)23-9-5-15-36-23)25(21-7-2-3-8-22(21)28)27(34)29-16-20-6-4-14-35-20/h2-15,25H,16-17H2,1H3,(H,29,34)(H,30,33)/t25-/m1/s1. The van der Waals surface area contributed by atoms with E-state index in [2.05, 4.69) is 10.6 Å². The Morgan fingerprint density at radius 1 is 0.889 bits per heavy atom. The maximum atomic E-state index is 15.0. The lowest BCUT2D eigenvalue weighted by atomic mass is 10.0. The van der Waals surface area contributed by atoms with E-state index in [1.165, 1.54) is 41.7 Å². The van der Waals surface area contributed by atoms with E-state index in [4.69, 9.17) is 8.83 Å². The van der Waals surface area contributed by atoms with Crippen molar-refractivity contribution in [2.45, 2.75) is 19.5 Å². The number of rotatable bonds is 9. The SMILES string of the molecule is Cc1ccc(N(C(=O)CNC(=O)c2ccco2)[C@@H](C(=O)NCc2ccco2)c2ccccc2F)cc1. The molecule has 0 bridgehead atoms. The second kappa shape index (κ2) is 11.2. The summed E-state index contributed by atoms with van der Waals surface area (Å²) >= 11 is 0. The highest BCUT2D eigenvalue weighted by Gasteiger charge is 2.34. The molecule has 0 saturated heterocycles. The minimum absolute atomic E-state index is 0.000677. The van der Waals surface area contributed by atoms with Crippen molar-refractivity contribution < 1.29 is 27.6 Å². The van der Waals surface area contributed by atoms with Gasteiger partial charge in [-0.3, -0.25) is 19.3 Å². The van der Waals surface area contributed by atoms with Gasteiger partial charge in [0, 0.05) is 11.3 Å². The van der Waals surface area contributed by atoms with Crippen LogP contribution in [-0.2, 0) is 16.1 Å². The molecule has 8 nitrogen and oxygen atoms in total. The summed E-state index contributed by atoms with van der Waals surface area (Å²) in [6.45, 7) is 1.47. The minimum atomic E-state index is -1.36. The first-order valence-corrected chi connectivity index (χ1v) is 11.2. The van der Waals surface area contributed by atoms with Crippen molar-refractivity contribution in [2.75, 3.05) is 11.4 Å². The summed E-state index contributed by atoms with van der Waals surface area (Å²) in [5, 5.41) is 5.22. The van der Waals surface area contributed by atoms with Gasteiger partial charge in [-0.05, 0) is 49.4 Å². The van der Waals surface area contributed by atoms with Crippen molar-refractivity contribution in [3.63, 3.8) is 0 Å². The number of furan rings is 2. The van der Waals surface area contributed by atoms with Crippen LogP contribution in [0.4, 0.5) is 10.1 Å². The molecule has 36 heavy (non-hydrogen) atoms. The van der Waals surface area contributed by atoms with Crippen LogP contribution in [0.25, 0.3) is 0 Å². The van der Waals surface area contributed by atoms with E-state index >= 15 is 0 Å². The third-order valence-corrected chi connectivity index (χ3v) is 5.45. The second-order valence-electron chi connectivity index (χ2n) is 7.98. The van der Waals surface area contributed by atoms with Crippen molar-refractivity contribution in [3.05, 3.63) is 114 Å². The number of carbonyl (C=O) groups excluding carboxylic acids is 3. The summed E-state index contributed by atoms with van der Waals surface area (Å²) in [7, 11) is 0. The molecule has 0 fully saturated rings. The highest BCUT2D eigenvalue weighted by atomic mass is 19.1. The van der Waals surface area contributed by atoms with Crippen LogP contribution in [0.1, 0.15) is 33.5 Å². The zero-order valence-corrected chi connectivity index (χ0v) is 19.4. The third-order valence-electron chi connectivity index (χ3n) is 5.45. The zero-order chi connectivity index (χ0) is 25.5. The molecular formula is C27H24FN3O5. The molecule has 0 aliphatic rings. The highest BCUT2D eigenvalue weighted by molar-refractivity contribution is 6.04. The van der Waals surface area contributed by atoms with Crippen LogP contribution in [0.2, 0.25) is 0 Å². The Labute approximate surface area is 206 Å². The van der Waals surface area contributed by atoms with Gasteiger partial charge in [0.25, 0.3) is 5.91 Å². The fourth-order valence-electron chi connectivity index (χ4n) is 3.66. The molecule has 9 heteroatoms. The number of anilines is 1. The fourth-order valence-corrected chi connectivity index (χ4v) is 3.66. The molecule has 4 rings (SSSR count). The molecule has 2 aromatic heterocycles. The number of benzene rings is 2. The molecule has 0 aliphatic heterocycles. The molecule has 0 spiro atoms. The summed E-state index contributed by atoms with van der Waals surface area (Å²) in [5.74, 6) is -1.97. The average molecular weight is 490 g/mol. The van der Waals surface area contributed by atoms with Crippen LogP contribution in [0.5, 0.6) is 0 Å². The summed E-state index contributed by atoms with van der Waals surface area (Å²) in [5.41, 5.74) is 1.29. The van der Waals surface area contributed by atoms with Crippen molar-refractivity contribution in [1.29, 1.82) is 0 Å². The van der Waals surface area contributed by atoms with Gasteiger partial charge in [0.15, 0.2) is 5.76 Å². The van der Waals surface area contributed by atoms with E-state index in [9.17, 15) is 18.8 Å². The van der Waals surface area contributed by atoms with Crippen molar-refractivity contribution in [1.82, 2.24) is 10.6 Å². The monoisotopic (exact) mass is 489 g/mol. The smallest absolute Gasteiger partial charge is 0.287 e. The topological polar surface area (TPSA) is 105 Å². The van der Waals surface area contributed by atoms with Gasteiger partial charge in [-0.1, -0.05) is 35.9 Å². The lowest BCUT2D eigenvalue weighted by molar-refractivity contribution is -0.126. The molecule has 2 aromatic carbocycles. The molecular weight excluding hydrogens is 465 g/mol. The highest BCUT2D eigenvalue weighted by Crippen LogP contribution is 2.30. The van der Waals surface area contributed by atoms with Gasteiger partial charge in [0.2, 0.25) is 11.8 Å². The molecule has 1 atom stereocenters. The summed E-state index contributed by atoms with van der Waals surface area (Å²) in [4.78, 5) is 40.5. The predicted molar refractivity (Wildman–Crippen MR) is 129 cm³/mol. The Kier molecular flexibility index (Phi) is 7.60. The van der Waals surface area contributed by atoms with E-state index in [0.29, 0.717) is 11.4 Å². The summed E-state index contributed by atoms with van der Waals surface area (Å²) in [6.07, 6.45) is 2.81. The molecule has 0 unspecified atom stereocenters. The molecule has 0 aliphatic carbocycles. The zero-order valence-electron chi connectivity index (χ0n) is 19.4. The van der Waals surface area contributed by atoms with Crippen LogP contribution in [0.3, 0.4) is 0 Å². The van der Waals surface area contributed by atoms with Crippen LogP contribution in [-0.4, -0.2) is 24.3 Å². The Bertz CT molecular complexity index is 1320. The van der Waals surface area contributed by atoms with E-state index in [-0.39, 0.29) is 17.9 Å². The average Bonchev–Trinajstić information content (AvgIpc) is 3.60. The normalized spacial score (nSPS) is 11.5. The first-order chi connectivity index (χ1) is 17.4. The van der Waals surface area contributed by atoms with Gasteiger partial charge >= 0.3 is 0 Å². The van der Waals surface area contributed by atoms with Gasteiger partial charge in [0.05, 0.1) is 25.6 Å². The van der Waals surface area contributed by atoms with E-state index in [0.717, 1.165) is 5.56 Å². The van der Waals surface area contributed by atoms with E-state index in [1.54, 1.807) is 48.5 Å². The van der Waals surface area contributed by atoms with Gasteiger partial charge in [-0.15, -0.1) is 0 Å². The molecule has 2 N–H and O–H groups in total. The van der Waals surface area contributed by atoms with Crippen molar-refractivity contribution >= 4 is 23.4 Å². The fraction of sp³-hybridized carbons (Fsp3) is 0.148. The quantitative estimate of drug-likeness (QED) is 0.368. The Hall–Kier alpha value is -4.66. The van der Waals surface area contributed by atoms with Gasteiger partial charge in [-0.25, -0.2) is 4.39 Å². The summed E-state index contributed by atoms with van der Waals surface area (Å²) in [6, 6.07) is 17.6. The number of hydrogen-bond acceptors (Lipinski definition) is 5. The second-order valence-corrected chi connectivity index (χ2v) is 7.98. The number of hydrogen-bond donors (Lipinski definition) is 2. The number of aryl methyl sites for hydroxylation is 1. The lowest BCUT2D eigenvalue weighted by Gasteiger charge is -2.31. The third kappa shape index (κ3) is 5.69. The Balaban J connectivity index is 1.68. The Morgan fingerprint density at radius 3 is 2.28 bits per heavy atom. The van der Waals surface area contributed by atoms with E-state index < -0.39 is 36.1 Å². The maximum Gasteiger partial charge on any atom is 0.287 e. The number of halogens is 1. The molecule has 0 radical (unpaired) electrons. The molecule has 0 saturated carbocycles. The van der Waals surface area contributed by atoms with Crippen molar-refractivity contribution in [3.8, 4) is 0 Å². The van der Waals surface area contributed by atoms with Gasteiger partial charge in [0.1, 0.15) is 17.6 Å². The molecule has 184 valence electrons. The predicted octanol–water partition coefficient (Wildman–Crippen LogP) is 4.14. The first-order valence-electron chi connectivity index (χ1n) is 11.2. The number of nitrogens with one attached hydrogen (secondary N) is 2. The van der Waals surface area contributed by atoms with Crippen molar-refractivity contribution in [2.24, 2.45) is 0 Å². The van der Waals surface area contributed by atoms with Gasteiger partial charge in [-0.2, -0.15) is 0 Å². The maximum absolute atomic E-state index is 15.0. The van der Waals surface area contributed by atoms with Crippen LogP contribution >= 0.6 is 0 Å². The van der Waals surface area contributed by atoms with Crippen LogP contribution < -0.4 is 15.5 Å². The molecule has 2 heterocycles. The van der Waals surface area contributed by atoms with E-state index in [1.807, 2.05) is 6.92 Å². The van der Waals surface area contributed by atoms with Gasteiger partial charge < -0.3 is 19.5 Å². The van der Waals surface area contributed by atoms with Crippen LogP contribution in [0.15, 0.2) is 94.2 Å². The van der Waals surface area contributed by atoms with Crippen LogP contribution in [0, 0.1) is 12.7 Å². The molecule has 3 amide bonds. The summed E-state index contributed by atoms with van der Waals surface area (Å²) < 4.78 is 25.3. The first kappa shape index (κ1) is 24.5. The Morgan fingerprint density at radius 2 is 1.61 bits per heavy atom. The number of nitrogens with zero attached hydrogens (tertiary/aromatic N) is 1. The number of carbonyl (C=O) groups is 3. The number of amides is 3.